The SMILES string of the molecule is CN(C)C(=O)CNS(=O)(=O)c1cccc(C(N)=S)c1. The van der Waals surface area contributed by atoms with Gasteiger partial charge in [-0.1, -0.05) is 24.4 Å². The lowest BCUT2D eigenvalue weighted by Gasteiger charge is -2.11. The van der Waals surface area contributed by atoms with Gasteiger partial charge in [-0.15, -0.1) is 0 Å². The van der Waals surface area contributed by atoms with Crippen molar-refractivity contribution in [2.45, 2.75) is 4.90 Å². The lowest BCUT2D eigenvalue weighted by atomic mass is 10.2. The second-order valence-corrected chi connectivity index (χ2v) is 6.21. The first kappa shape index (κ1) is 15.5. The molecular formula is C11H15N3O3S2. The Labute approximate surface area is 117 Å². The van der Waals surface area contributed by atoms with E-state index in [1.807, 2.05) is 0 Å². The van der Waals surface area contributed by atoms with Crippen molar-refractivity contribution in [1.29, 1.82) is 0 Å². The molecule has 0 aliphatic carbocycles. The summed E-state index contributed by atoms with van der Waals surface area (Å²) in [7, 11) is -0.666. The number of amides is 1. The fourth-order valence-electron chi connectivity index (χ4n) is 1.21. The summed E-state index contributed by atoms with van der Waals surface area (Å²) in [6, 6.07) is 5.93. The van der Waals surface area contributed by atoms with E-state index in [4.69, 9.17) is 18.0 Å². The minimum absolute atomic E-state index is 0.0179. The van der Waals surface area contributed by atoms with E-state index in [9.17, 15) is 13.2 Å². The highest BCUT2D eigenvalue weighted by Crippen LogP contribution is 2.11. The van der Waals surface area contributed by atoms with Crippen LogP contribution in [-0.2, 0) is 14.8 Å². The summed E-state index contributed by atoms with van der Waals surface area (Å²) in [6.45, 7) is -0.299. The zero-order valence-electron chi connectivity index (χ0n) is 10.6. The molecule has 6 nitrogen and oxygen atoms in total. The lowest BCUT2D eigenvalue weighted by Crippen LogP contribution is -2.36. The first-order valence-electron chi connectivity index (χ1n) is 5.34. The van der Waals surface area contributed by atoms with E-state index in [2.05, 4.69) is 4.72 Å². The molecule has 0 aliphatic rings. The maximum atomic E-state index is 12.0. The van der Waals surface area contributed by atoms with Crippen molar-refractivity contribution in [2.24, 2.45) is 5.73 Å². The molecule has 1 rings (SSSR count). The Hall–Kier alpha value is -1.51. The van der Waals surface area contributed by atoms with Crippen LogP contribution in [0, 0.1) is 0 Å². The Bertz CT molecular complexity index is 597. The van der Waals surface area contributed by atoms with Crippen molar-refractivity contribution >= 4 is 33.1 Å². The number of nitrogens with zero attached hydrogens (tertiary/aromatic N) is 1. The van der Waals surface area contributed by atoms with Crippen LogP contribution in [0.5, 0.6) is 0 Å². The molecule has 0 saturated carbocycles. The van der Waals surface area contributed by atoms with Crippen LogP contribution in [0.3, 0.4) is 0 Å². The summed E-state index contributed by atoms with van der Waals surface area (Å²) in [5.41, 5.74) is 5.90. The fourth-order valence-corrected chi connectivity index (χ4v) is 2.36. The van der Waals surface area contributed by atoms with E-state index in [0.717, 1.165) is 0 Å². The molecule has 1 aromatic rings. The summed E-state index contributed by atoms with van der Waals surface area (Å²) in [5, 5.41) is 0. The van der Waals surface area contributed by atoms with Crippen molar-refractivity contribution in [2.75, 3.05) is 20.6 Å². The Balaban J connectivity index is 2.92. The number of nitrogens with one attached hydrogen (secondary N) is 1. The normalized spacial score (nSPS) is 11.1. The molecule has 0 heterocycles. The maximum Gasteiger partial charge on any atom is 0.241 e. The molecule has 1 amide bonds. The van der Waals surface area contributed by atoms with E-state index < -0.39 is 10.0 Å². The molecule has 1 aromatic carbocycles. The van der Waals surface area contributed by atoms with Crippen LogP contribution in [0.25, 0.3) is 0 Å². The Morgan fingerprint density at radius 3 is 2.58 bits per heavy atom. The highest BCUT2D eigenvalue weighted by molar-refractivity contribution is 7.89. The number of nitrogens with two attached hydrogens (primary N) is 1. The Morgan fingerprint density at radius 1 is 1.42 bits per heavy atom. The van der Waals surface area contributed by atoms with Crippen LogP contribution in [-0.4, -0.2) is 44.9 Å². The van der Waals surface area contributed by atoms with E-state index >= 15 is 0 Å². The van der Waals surface area contributed by atoms with Crippen LogP contribution in [0.2, 0.25) is 0 Å². The van der Waals surface area contributed by atoms with Gasteiger partial charge in [0.05, 0.1) is 11.4 Å². The molecule has 8 heteroatoms. The third-order valence-corrected chi connectivity index (χ3v) is 3.98. The minimum Gasteiger partial charge on any atom is -0.389 e. The van der Waals surface area contributed by atoms with Crippen LogP contribution >= 0.6 is 12.2 Å². The number of carbonyl (C=O) groups is 1. The van der Waals surface area contributed by atoms with Crippen LogP contribution in [0.15, 0.2) is 29.2 Å². The highest BCUT2D eigenvalue weighted by atomic mass is 32.2. The molecule has 0 bridgehead atoms. The largest absolute Gasteiger partial charge is 0.389 e. The molecule has 0 aliphatic heterocycles. The molecule has 19 heavy (non-hydrogen) atoms. The Morgan fingerprint density at radius 2 is 2.05 bits per heavy atom. The van der Waals surface area contributed by atoms with Gasteiger partial charge in [0.25, 0.3) is 0 Å². The monoisotopic (exact) mass is 301 g/mol. The molecule has 0 unspecified atom stereocenters. The minimum atomic E-state index is -3.76. The zero-order valence-corrected chi connectivity index (χ0v) is 12.2. The molecule has 104 valence electrons. The highest BCUT2D eigenvalue weighted by Gasteiger charge is 2.16. The topological polar surface area (TPSA) is 92.5 Å². The fraction of sp³-hybridized carbons (Fsp3) is 0.273. The second-order valence-electron chi connectivity index (χ2n) is 4.00. The molecule has 3 N–H and O–H groups in total. The van der Waals surface area contributed by atoms with Crippen molar-refractivity contribution in [3.63, 3.8) is 0 Å². The predicted molar refractivity (Wildman–Crippen MR) is 76.2 cm³/mol. The lowest BCUT2D eigenvalue weighted by molar-refractivity contribution is -0.127. The maximum absolute atomic E-state index is 12.0. The number of hydrogen-bond acceptors (Lipinski definition) is 4. The molecule has 0 radical (unpaired) electrons. The zero-order chi connectivity index (χ0) is 14.6. The number of thiocarbonyl (C=S) groups is 1. The van der Waals surface area contributed by atoms with Crippen LogP contribution < -0.4 is 10.5 Å². The molecule has 0 fully saturated rings. The van der Waals surface area contributed by atoms with Gasteiger partial charge in [-0.2, -0.15) is 0 Å². The molecular weight excluding hydrogens is 286 g/mol. The van der Waals surface area contributed by atoms with Gasteiger partial charge in [0.1, 0.15) is 4.99 Å². The van der Waals surface area contributed by atoms with E-state index in [1.54, 1.807) is 20.2 Å². The van der Waals surface area contributed by atoms with E-state index in [1.165, 1.54) is 23.1 Å². The summed E-state index contributed by atoms with van der Waals surface area (Å²) < 4.78 is 26.2. The molecule has 0 spiro atoms. The van der Waals surface area contributed by atoms with Gasteiger partial charge < -0.3 is 10.6 Å². The van der Waals surface area contributed by atoms with Crippen molar-refractivity contribution in [1.82, 2.24) is 9.62 Å². The molecule has 0 saturated heterocycles. The average Bonchev–Trinajstić information content (AvgIpc) is 2.36. The third-order valence-electron chi connectivity index (χ3n) is 2.34. The standard InChI is InChI=1S/C11H15N3O3S2/c1-14(2)10(15)7-13-19(16,17)9-5-3-4-8(6-9)11(12)18/h3-6,13H,7H2,1-2H3,(H2,12,18). The van der Waals surface area contributed by atoms with Gasteiger partial charge in [0.2, 0.25) is 15.9 Å². The molecule has 0 atom stereocenters. The number of sulfonamides is 1. The van der Waals surface area contributed by atoms with Gasteiger partial charge in [0.15, 0.2) is 0 Å². The number of benzene rings is 1. The summed E-state index contributed by atoms with van der Waals surface area (Å²) in [5.74, 6) is -0.339. The van der Waals surface area contributed by atoms with Gasteiger partial charge in [-0.3, -0.25) is 4.79 Å². The smallest absolute Gasteiger partial charge is 0.241 e. The van der Waals surface area contributed by atoms with E-state index in [-0.39, 0.29) is 22.3 Å². The van der Waals surface area contributed by atoms with Crippen molar-refractivity contribution < 1.29 is 13.2 Å². The number of carbonyl (C=O) groups excluding carboxylic acids is 1. The van der Waals surface area contributed by atoms with Crippen molar-refractivity contribution in [3.8, 4) is 0 Å². The van der Waals surface area contributed by atoms with Gasteiger partial charge in [0, 0.05) is 19.7 Å². The number of rotatable bonds is 5. The summed E-state index contributed by atoms with van der Waals surface area (Å²) >= 11 is 4.79. The first-order chi connectivity index (χ1) is 8.74. The summed E-state index contributed by atoms with van der Waals surface area (Å²) in [6.07, 6.45) is 0. The quantitative estimate of drug-likeness (QED) is 0.728. The Kier molecular flexibility index (Phi) is 4.98. The summed E-state index contributed by atoms with van der Waals surface area (Å²) in [4.78, 5) is 12.8. The predicted octanol–water partition coefficient (Wildman–Crippen LogP) is -0.313. The third kappa shape index (κ3) is 4.27. The van der Waals surface area contributed by atoms with E-state index in [0.29, 0.717) is 5.56 Å². The number of hydrogen-bond donors (Lipinski definition) is 2. The number of likely N-dealkylation sites (N-methyl/N-ethyl adjacent to an activating group) is 1. The van der Waals surface area contributed by atoms with Gasteiger partial charge in [-0.05, 0) is 12.1 Å². The van der Waals surface area contributed by atoms with Crippen molar-refractivity contribution in [3.05, 3.63) is 29.8 Å². The average molecular weight is 301 g/mol. The van der Waals surface area contributed by atoms with Gasteiger partial charge >= 0.3 is 0 Å². The molecule has 0 aromatic heterocycles. The first-order valence-corrected chi connectivity index (χ1v) is 7.23. The second kappa shape index (κ2) is 6.09. The van der Waals surface area contributed by atoms with Crippen LogP contribution in [0.1, 0.15) is 5.56 Å². The van der Waals surface area contributed by atoms with Gasteiger partial charge in [-0.25, -0.2) is 13.1 Å². The van der Waals surface area contributed by atoms with Crippen LogP contribution in [0.4, 0.5) is 0 Å².